The van der Waals surface area contributed by atoms with Crippen LogP contribution in [0.15, 0.2) is 46.6 Å². The van der Waals surface area contributed by atoms with Gasteiger partial charge in [0.25, 0.3) is 0 Å². The van der Waals surface area contributed by atoms with Gasteiger partial charge >= 0.3 is 0 Å². The fourth-order valence-electron chi connectivity index (χ4n) is 4.21. The molecule has 10 heteroatoms. The van der Waals surface area contributed by atoms with Crippen LogP contribution in [-0.2, 0) is 7.05 Å². The Balaban J connectivity index is 1.43. The van der Waals surface area contributed by atoms with E-state index in [4.69, 9.17) is 9.97 Å². The molecular formula is C24H31N9S. The van der Waals surface area contributed by atoms with E-state index in [2.05, 4.69) is 69.4 Å². The number of rotatable bonds is 5. The lowest BCUT2D eigenvalue weighted by atomic mass is 10.1. The predicted octanol–water partition coefficient (Wildman–Crippen LogP) is 4.21. The van der Waals surface area contributed by atoms with Gasteiger partial charge in [-0.2, -0.15) is 10.2 Å². The number of aryl methyl sites for hydroxylation is 2. The number of aromatic amines is 1. The molecule has 0 unspecified atom stereocenters. The van der Waals surface area contributed by atoms with Gasteiger partial charge < -0.3 is 10.2 Å². The minimum absolute atomic E-state index is 0.175. The molecule has 1 aliphatic rings. The summed E-state index contributed by atoms with van der Waals surface area (Å²) in [5.41, 5.74) is 2.27. The van der Waals surface area contributed by atoms with Crippen LogP contribution in [0.1, 0.15) is 26.5 Å². The smallest absolute Gasteiger partial charge is 0.196 e. The lowest BCUT2D eigenvalue weighted by Gasteiger charge is -2.42. The van der Waals surface area contributed by atoms with Gasteiger partial charge in [0, 0.05) is 66.9 Å². The predicted molar refractivity (Wildman–Crippen MR) is 137 cm³/mol. The van der Waals surface area contributed by atoms with Crippen molar-refractivity contribution in [3.63, 3.8) is 0 Å². The van der Waals surface area contributed by atoms with Crippen molar-refractivity contribution in [1.29, 1.82) is 0 Å². The largest absolute Gasteiger partial charge is 0.354 e. The Morgan fingerprint density at radius 1 is 1.00 bits per heavy atom. The second kappa shape index (κ2) is 8.92. The summed E-state index contributed by atoms with van der Waals surface area (Å²) >= 11 is 1.56. The summed E-state index contributed by atoms with van der Waals surface area (Å²) in [6.45, 7) is 12.7. The van der Waals surface area contributed by atoms with Crippen LogP contribution in [0.4, 0.5) is 17.5 Å². The van der Waals surface area contributed by atoms with E-state index in [0.29, 0.717) is 5.16 Å². The summed E-state index contributed by atoms with van der Waals surface area (Å²) in [4.78, 5) is 15.7. The third-order valence-electron chi connectivity index (χ3n) is 6.13. The van der Waals surface area contributed by atoms with Crippen LogP contribution in [0.25, 0.3) is 10.9 Å². The fraction of sp³-hybridized carbons (Fsp3) is 0.417. The molecular weight excluding hydrogens is 446 g/mol. The van der Waals surface area contributed by atoms with Gasteiger partial charge in [0.1, 0.15) is 11.6 Å². The van der Waals surface area contributed by atoms with Crippen LogP contribution < -0.4 is 10.2 Å². The zero-order chi connectivity index (χ0) is 23.9. The minimum atomic E-state index is 0.175. The SMILES string of the molecule is Cc1cc(Nc2cc(N3CCN(C(C)(C)C)CC3)nc(Sc3ccc4c(cnn4C)c3)n2)n[nH]1. The number of anilines is 3. The van der Waals surface area contributed by atoms with E-state index >= 15 is 0 Å². The Morgan fingerprint density at radius 3 is 2.50 bits per heavy atom. The third-order valence-corrected chi connectivity index (χ3v) is 6.99. The molecule has 9 nitrogen and oxygen atoms in total. The van der Waals surface area contributed by atoms with Crippen molar-refractivity contribution in [3.05, 3.63) is 42.2 Å². The van der Waals surface area contributed by atoms with E-state index in [1.54, 1.807) is 11.8 Å². The number of H-pyrrole nitrogens is 1. The number of nitrogens with zero attached hydrogens (tertiary/aromatic N) is 7. The highest BCUT2D eigenvalue weighted by Crippen LogP contribution is 2.31. The molecule has 1 aromatic carbocycles. The molecule has 1 aliphatic heterocycles. The van der Waals surface area contributed by atoms with Gasteiger partial charge in [0.05, 0.1) is 11.7 Å². The molecule has 3 aromatic heterocycles. The van der Waals surface area contributed by atoms with E-state index in [0.717, 1.165) is 65.1 Å². The number of hydrogen-bond acceptors (Lipinski definition) is 8. The molecule has 1 fully saturated rings. The highest BCUT2D eigenvalue weighted by atomic mass is 32.2. The third kappa shape index (κ3) is 4.88. The molecule has 0 atom stereocenters. The van der Waals surface area contributed by atoms with Crippen molar-refractivity contribution in [1.82, 2.24) is 34.8 Å². The Kier molecular flexibility index (Phi) is 5.95. The second-order valence-corrected chi connectivity index (χ2v) is 10.7. The molecule has 0 spiro atoms. The quantitative estimate of drug-likeness (QED) is 0.413. The lowest BCUT2D eigenvalue weighted by Crippen LogP contribution is -2.53. The normalized spacial score (nSPS) is 15.3. The Morgan fingerprint density at radius 2 is 1.79 bits per heavy atom. The van der Waals surface area contributed by atoms with Gasteiger partial charge in [-0.25, -0.2) is 9.97 Å². The van der Waals surface area contributed by atoms with Crippen LogP contribution in [0, 0.1) is 6.92 Å². The fourth-order valence-corrected chi connectivity index (χ4v) is 5.03. The second-order valence-electron chi connectivity index (χ2n) is 9.69. The van der Waals surface area contributed by atoms with E-state index in [1.165, 1.54) is 0 Å². The average Bonchev–Trinajstić information content (AvgIpc) is 3.38. The van der Waals surface area contributed by atoms with Crippen LogP contribution in [-0.4, -0.2) is 66.6 Å². The molecule has 2 N–H and O–H groups in total. The average molecular weight is 478 g/mol. The first-order valence-corrected chi connectivity index (χ1v) is 12.3. The Hall–Kier alpha value is -3.11. The molecule has 0 bridgehead atoms. The number of hydrogen-bond donors (Lipinski definition) is 2. The van der Waals surface area contributed by atoms with Gasteiger partial charge in [0.15, 0.2) is 11.0 Å². The van der Waals surface area contributed by atoms with Crippen molar-refractivity contribution < 1.29 is 0 Å². The maximum absolute atomic E-state index is 4.94. The topological polar surface area (TPSA) is 90.8 Å². The highest BCUT2D eigenvalue weighted by molar-refractivity contribution is 7.99. The summed E-state index contributed by atoms with van der Waals surface area (Å²) in [5.74, 6) is 2.41. The molecule has 0 aliphatic carbocycles. The number of benzene rings is 1. The van der Waals surface area contributed by atoms with Gasteiger partial charge in [-0.1, -0.05) is 0 Å². The number of aromatic nitrogens is 6. The molecule has 0 radical (unpaired) electrons. The van der Waals surface area contributed by atoms with E-state index in [1.807, 2.05) is 37.0 Å². The summed E-state index contributed by atoms with van der Waals surface area (Å²) in [7, 11) is 1.95. The van der Waals surface area contributed by atoms with Gasteiger partial charge in [-0.3, -0.25) is 14.7 Å². The van der Waals surface area contributed by atoms with Crippen LogP contribution in [0.3, 0.4) is 0 Å². The van der Waals surface area contributed by atoms with E-state index in [9.17, 15) is 0 Å². The minimum Gasteiger partial charge on any atom is -0.354 e. The molecule has 4 aromatic rings. The van der Waals surface area contributed by atoms with Crippen molar-refractivity contribution in [2.75, 3.05) is 36.4 Å². The van der Waals surface area contributed by atoms with Gasteiger partial charge in [-0.05, 0) is 57.7 Å². The monoisotopic (exact) mass is 477 g/mol. The van der Waals surface area contributed by atoms with Crippen molar-refractivity contribution in [2.24, 2.45) is 7.05 Å². The zero-order valence-corrected chi connectivity index (χ0v) is 21.1. The van der Waals surface area contributed by atoms with E-state index < -0.39 is 0 Å². The maximum atomic E-state index is 4.94. The standard InChI is InChI=1S/C24H31N9S/c1-16-12-21(30-29-16)26-20-14-22(32-8-10-33(11-9-32)24(2,3)4)28-23(27-20)34-18-6-7-19-17(13-18)15-25-31(19)5/h6-7,12-15H,8-11H2,1-5H3,(H2,26,27,28,29,30). The van der Waals surface area contributed by atoms with Crippen molar-refractivity contribution >= 4 is 40.1 Å². The lowest BCUT2D eigenvalue weighted by molar-refractivity contribution is 0.128. The summed E-state index contributed by atoms with van der Waals surface area (Å²) in [5, 5.41) is 16.8. The molecule has 34 heavy (non-hydrogen) atoms. The van der Waals surface area contributed by atoms with Crippen LogP contribution in [0.2, 0.25) is 0 Å². The van der Waals surface area contributed by atoms with Crippen molar-refractivity contribution in [3.8, 4) is 0 Å². The molecule has 0 saturated carbocycles. The molecule has 4 heterocycles. The first-order valence-electron chi connectivity index (χ1n) is 11.5. The Labute approximate surface area is 204 Å². The summed E-state index contributed by atoms with van der Waals surface area (Å²) < 4.78 is 1.88. The number of piperazine rings is 1. The zero-order valence-electron chi connectivity index (χ0n) is 20.3. The molecule has 5 rings (SSSR count). The first-order chi connectivity index (χ1) is 16.2. The molecule has 0 amide bonds. The van der Waals surface area contributed by atoms with Crippen LogP contribution >= 0.6 is 11.8 Å². The number of nitrogens with one attached hydrogen (secondary N) is 2. The first kappa shape index (κ1) is 22.7. The van der Waals surface area contributed by atoms with Crippen LogP contribution in [0.5, 0.6) is 0 Å². The maximum Gasteiger partial charge on any atom is 0.196 e. The Bertz CT molecular complexity index is 1300. The molecule has 178 valence electrons. The molecule has 1 saturated heterocycles. The highest BCUT2D eigenvalue weighted by Gasteiger charge is 2.27. The van der Waals surface area contributed by atoms with Gasteiger partial charge in [-0.15, -0.1) is 0 Å². The van der Waals surface area contributed by atoms with Crippen molar-refractivity contribution in [2.45, 2.75) is 43.3 Å². The number of fused-ring (bicyclic) bond motifs is 1. The van der Waals surface area contributed by atoms with Gasteiger partial charge in [0.2, 0.25) is 0 Å². The van der Waals surface area contributed by atoms with E-state index in [-0.39, 0.29) is 5.54 Å². The summed E-state index contributed by atoms with van der Waals surface area (Å²) in [6.07, 6.45) is 1.89. The summed E-state index contributed by atoms with van der Waals surface area (Å²) in [6, 6.07) is 10.3.